The van der Waals surface area contributed by atoms with Gasteiger partial charge in [-0.1, -0.05) is 29.8 Å². The fourth-order valence-corrected chi connectivity index (χ4v) is 4.27. The standard InChI is InChI=1S/C23H23ClF3N5O3.ClH/c1-2-35-22(34)31-9-7-15(8-10-31)29-21-28-12-14-11-17(16-5-3-4-6-18(16)24)20(33)32(19(14)30-21)13-23(25,26)27;/h3-6,11-12,15H,2,7-10,13H2,1H3,(H,28,29,30);1H. The number of carbonyl (C=O) groups is 1. The van der Waals surface area contributed by atoms with E-state index >= 15 is 0 Å². The van der Waals surface area contributed by atoms with Crippen molar-refractivity contribution in [3.8, 4) is 11.1 Å². The Morgan fingerprint density at radius 1 is 1.22 bits per heavy atom. The van der Waals surface area contributed by atoms with Crippen LogP contribution in [0.3, 0.4) is 0 Å². The Kier molecular flexibility index (Phi) is 8.67. The highest BCUT2D eigenvalue weighted by atomic mass is 35.5. The number of halogens is 5. The monoisotopic (exact) mass is 545 g/mol. The van der Waals surface area contributed by atoms with E-state index in [0.717, 1.165) is 0 Å². The number of amides is 1. The van der Waals surface area contributed by atoms with Gasteiger partial charge >= 0.3 is 12.3 Å². The number of aromatic nitrogens is 3. The van der Waals surface area contributed by atoms with Crippen molar-refractivity contribution in [2.45, 2.75) is 38.5 Å². The maximum atomic E-state index is 13.4. The second-order valence-electron chi connectivity index (χ2n) is 8.12. The average molecular weight is 546 g/mol. The maximum Gasteiger partial charge on any atom is 0.409 e. The summed E-state index contributed by atoms with van der Waals surface area (Å²) in [5, 5.41) is 3.63. The first kappa shape index (κ1) is 27.5. The van der Waals surface area contributed by atoms with Crippen LogP contribution >= 0.6 is 24.0 Å². The Morgan fingerprint density at radius 3 is 2.56 bits per heavy atom. The molecule has 0 saturated carbocycles. The summed E-state index contributed by atoms with van der Waals surface area (Å²) >= 11 is 6.20. The van der Waals surface area contributed by atoms with Crippen LogP contribution in [0.25, 0.3) is 22.2 Å². The van der Waals surface area contributed by atoms with Crippen LogP contribution in [-0.2, 0) is 11.3 Å². The molecule has 1 amide bonds. The molecule has 4 rings (SSSR count). The molecule has 36 heavy (non-hydrogen) atoms. The van der Waals surface area contributed by atoms with Crippen LogP contribution in [0.15, 0.2) is 41.3 Å². The molecule has 194 valence electrons. The Balaban J connectivity index is 0.00000361. The SMILES string of the molecule is CCOC(=O)N1CCC(Nc2ncc3cc(-c4ccccc4Cl)c(=O)n(CC(F)(F)F)c3n2)CC1.Cl. The van der Waals surface area contributed by atoms with Crippen molar-refractivity contribution in [1.82, 2.24) is 19.4 Å². The van der Waals surface area contributed by atoms with Gasteiger partial charge in [0.15, 0.2) is 0 Å². The largest absolute Gasteiger partial charge is 0.450 e. The highest BCUT2D eigenvalue weighted by Crippen LogP contribution is 2.28. The van der Waals surface area contributed by atoms with Crippen LogP contribution in [0.4, 0.5) is 23.9 Å². The minimum absolute atomic E-state index is 0. The van der Waals surface area contributed by atoms with Crippen molar-refractivity contribution in [2.24, 2.45) is 0 Å². The summed E-state index contributed by atoms with van der Waals surface area (Å²) in [5.41, 5.74) is -0.629. The van der Waals surface area contributed by atoms with Gasteiger partial charge in [0.25, 0.3) is 5.56 Å². The zero-order chi connectivity index (χ0) is 25.2. The number of hydrogen-bond donors (Lipinski definition) is 1. The van der Waals surface area contributed by atoms with Gasteiger partial charge in [0, 0.05) is 46.9 Å². The third kappa shape index (κ3) is 6.19. The van der Waals surface area contributed by atoms with Crippen LogP contribution in [0.5, 0.6) is 0 Å². The van der Waals surface area contributed by atoms with Crippen molar-refractivity contribution in [3.63, 3.8) is 0 Å². The number of alkyl halides is 3. The number of carbonyl (C=O) groups excluding carboxylic acids is 1. The molecule has 1 aliphatic rings. The van der Waals surface area contributed by atoms with Gasteiger partial charge in [-0.15, -0.1) is 12.4 Å². The lowest BCUT2D eigenvalue weighted by Gasteiger charge is -2.31. The molecule has 13 heteroatoms. The normalized spacial score (nSPS) is 14.4. The second-order valence-corrected chi connectivity index (χ2v) is 8.53. The lowest BCUT2D eigenvalue weighted by atomic mass is 10.1. The molecular formula is C23H24Cl2F3N5O3. The quantitative estimate of drug-likeness (QED) is 0.478. The van der Waals surface area contributed by atoms with E-state index in [0.29, 0.717) is 42.7 Å². The molecule has 3 aromatic rings. The fraction of sp³-hybridized carbons (Fsp3) is 0.391. The third-order valence-corrected chi connectivity index (χ3v) is 6.01. The first-order chi connectivity index (χ1) is 16.7. The molecule has 0 atom stereocenters. The molecule has 1 aromatic carbocycles. The minimum Gasteiger partial charge on any atom is -0.450 e. The Hall–Kier alpha value is -3.05. The highest BCUT2D eigenvalue weighted by Gasteiger charge is 2.31. The van der Waals surface area contributed by atoms with E-state index in [2.05, 4.69) is 15.3 Å². The van der Waals surface area contributed by atoms with Gasteiger partial charge in [-0.3, -0.25) is 9.36 Å². The van der Waals surface area contributed by atoms with E-state index in [-0.39, 0.29) is 52.1 Å². The summed E-state index contributed by atoms with van der Waals surface area (Å²) in [5.74, 6) is 0.105. The van der Waals surface area contributed by atoms with Crippen LogP contribution in [0, 0.1) is 0 Å². The molecule has 8 nitrogen and oxygen atoms in total. The topological polar surface area (TPSA) is 89.4 Å². The van der Waals surface area contributed by atoms with Crippen LogP contribution in [0.1, 0.15) is 19.8 Å². The van der Waals surface area contributed by atoms with Crippen molar-refractivity contribution in [3.05, 3.63) is 51.9 Å². The van der Waals surface area contributed by atoms with E-state index in [9.17, 15) is 22.8 Å². The van der Waals surface area contributed by atoms with Crippen molar-refractivity contribution < 1.29 is 22.7 Å². The molecule has 1 aliphatic heterocycles. The highest BCUT2D eigenvalue weighted by molar-refractivity contribution is 6.33. The molecule has 0 aliphatic carbocycles. The Bertz CT molecular complexity index is 1290. The molecule has 1 fully saturated rings. The predicted molar refractivity (Wildman–Crippen MR) is 133 cm³/mol. The van der Waals surface area contributed by atoms with Crippen LogP contribution in [-0.4, -0.2) is 57.4 Å². The van der Waals surface area contributed by atoms with Gasteiger partial charge in [-0.25, -0.2) is 9.78 Å². The van der Waals surface area contributed by atoms with E-state index in [1.807, 2.05) is 0 Å². The first-order valence-electron chi connectivity index (χ1n) is 11.1. The van der Waals surface area contributed by atoms with Crippen LogP contribution < -0.4 is 10.9 Å². The number of fused-ring (bicyclic) bond motifs is 1. The molecule has 2 aromatic heterocycles. The summed E-state index contributed by atoms with van der Waals surface area (Å²) in [7, 11) is 0. The Morgan fingerprint density at radius 2 is 1.92 bits per heavy atom. The molecule has 1 saturated heterocycles. The summed E-state index contributed by atoms with van der Waals surface area (Å²) in [4.78, 5) is 35.1. The molecular weight excluding hydrogens is 522 g/mol. The summed E-state index contributed by atoms with van der Waals surface area (Å²) in [6, 6.07) is 7.80. The molecule has 0 bridgehead atoms. The second kappa shape index (κ2) is 11.3. The lowest BCUT2D eigenvalue weighted by molar-refractivity contribution is -0.140. The molecule has 1 N–H and O–H groups in total. The lowest BCUT2D eigenvalue weighted by Crippen LogP contribution is -2.42. The van der Waals surface area contributed by atoms with Crippen molar-refractivity contribution in [2.75, 3.05) is 25.0 Å². The number of ether oxygens (including phenoxy) is 1. The van der Waals surface area contributed by atoms with Crippen LogP contribution in [0.2, 0.25) is 5.02 Å². The molecule has 0 spiro atoms. The van der Waals surface area contributed by atoms with Crippen molar-refractivity contribution >= 4 is 47.1 Å². The van der Waals surface area contributed by atoms with E-state index in [4.69, 9.17) is 16.3 Å². The van der Waals surface area contributed by atoms with E-state index in [1.54, 1.807) is 36.1 Å². The fourth-order valence-electron chi connectivity index (χ4n) is 4.03. The van der Waals surface area contributed by atoms with Gasteiger partial charge in [0.1, 0.15) is 12.2 Å². The first-order valence-corrected chi connectivity index (χ1v) is 11.4. The third-order valence-electron chi connectivity index (χ3n) is 5.68. The number of pyridine rings is 1. The zero-order valence-corrected chi connectivity index (χ0v) is 20.8. The molecule has 3 heterocycles. The number of rotatable bonds is 5. The number of nitrogens with one attached hydrogen (secondary N) is 1. The van der Waals surface area contributed by atoms with Gasteiger partial charge in [0.05, 0.1) is 6.61 Å². The smallest absolute Gasteiger partial charge is 0.409 e. The number of piperidine rings is 1. The van der Waals surface area contributed by atoms with Gasteiger partial charge < -0.3 is 15.0 Å². The molecule has 0 unspecified atom stereocenters. The van der Waals surface area contributed by atoms with Gasteiger partial charge in [-0.05, 0) is 31.9 Å². The number of benzene rings is 1. The number of likely N-dealkylation sites (tertiary alicyclic amines) is 1. The predicted octanol–water partition coefficient (Wildman–Crippen LogP) is 5.13. The zero-order valence-electron chi connectivity index (χ0n) is 19.2. The summed E-state index contributed by atoms with van der Waals surface area (Å²) in [6.07, 6.45) is -2.47. The minimum atomic E-state index is -4.64. The van der Waals surface area contributed by atoms with E-state index in [1.165, 1.54) is 12.3 Å². The average Bonchev–Trinajstić information content (AvgIpc) is 2.81. The van der Waals surface area contributed by atoms with Gasteiger partial charge in [-0.2, -0.15) is 18.2 Å². The summed E-state index contributed by atoms with van der Waals surface area (Å²) in [6.45, 7) is 1.45. The summed E-state index contributed by atoms with van der Waals surface area (Å²) < 4.78 is 45.8. The number of hydrogen-bond acceptors (Lipinski definition) is 6. The number of anilines is 1. The van der Waals surface area contributed by atoms with Gasteiger partial charge in [0.2, 0.25) is 5.95 Å². The maximum absolute atomic E-state index is 13.4. The van der Waals surface area contributed by atoms with Crippen molar-refractivity contribution in [1.29, 1.82) is 0 Å². The molecule has 0 radical (unpaired) electrons. The van der Waals surface area contributed by atoms with E-state index < -0.39 is 18.3 Å². The number of nitrogens with zero attached hydrogens (tertiary/aromatic N) is 4. The Labute approximate surface area is 215 Å².